The molecule has 0 radical (unpaired) electrons. The zero-order chi connectivity index (χ0) is 12.0. The zero-order valence-electron chi connectivity index (χ0n) is 9.17. The van der Waals surface area contributed by atoms with Crippen molar-refractivity contribution in [3.05, 3.63) is 0 Å². The Labute approximate surface area is 93.2 Å². The Balaban J connectivity index is 1.95. The molecule has 1 aliphatic heterocycles. The summed E-state index contributed by atoms with van der Waals surface area (Å²) in [4.78, 5) is 2.14. The van der Waals surface area contributed by atoms with Gasteiger partial charge in [0.05, 0.1) is 6.10 Å². The summed E-state index contributed by atoms with van der Waals surface area (Å²) in [6.45, 7) is 1.36. The maximum atomic E-state index is 11.7. The molecule has 0 unspecified atom stereocenters. The highest BCUT2D eigenvalue weighted by Crippen LogP contribution is 2.14. The van der Waals surface area contributed by atoms with Gasteiger partial charge in [0.2, 0.25) is 0 Å². The van der Waals surface area contributed by atoms with Crippen molar-refractivity contribution in [1.82, 2.24) is 4.90 Å². The van der Waals surface area contributed by atoms with Crippen LogP contribution in [0.4, 0.5) is 13.2 Å². The number of ether oxygens (including phenoxy) is 1. The van der Waals surface area contributed by atoms with Crippen LogP contribution in [0.2, 0.25) is 0 Å². The Morgan fingerprint density at radius 3 is 2.44 bits per heavy atom. The molecule has 0 atom stereocenters. The number of hydrogen-bond donors (Lipinski definition) is 1. The summed E-state index contributed by atoms with van der Waals surface area (Å²) < 4.78 is 39.7. The maximum absolute atomic E-state index is 11.7. The molecule has 1 rings (SSSR count). The van der Waals surface area contributed by atoms with Crippen molar-refractivity contribution in [3.63, 3.8) is 0 Å². The van der Waals surface area contributed by atoms with E-state index in [0.717, 1.165) is 32.5 Å². The number of aliphatic hydroxyl groups excluding tert-OH is 1. The van der Waals surface area contributed by atoms with Crippen molar-refractivity contribution in [2.45, 2.75) is 31.5 Å². The van der Waals surface area contributed by atoms with Crippen molar-refractivity contribution in [2.75, 3.05) is 32.8 Å². The maximum Gasteiger partial charge on any atom is 0.411 e. The van der Waals surface area contributed by atoms with Gasteiger partial charge in [-0.2, -0.15) is 13.2 Å². The SMILES string of the molecule is OC1CCN(CCCOCC(F)(F)F)CC1. The molecule has 0 saturated carbocycles. The molecule has 0 bridgehead atoms. The fourth-order valence-electron chi connectivity index (χ4n) is 1.72. The molecule has 0 spiro atoms. The van der Waals surface area contributed by atoms with Gasteiger partial charge in [-0.1, -0.05) is 0 Å². The van der Waals surface area contributed by atoms with E-state index in [2.05, 4.69) is 9.64 Å². The van der Waals surface area contributed by atoms with Crippen LogP contribution in [-0.4, -0.2) is 55.1 Å². The van der Waals surface area contributed by atoms with E-state index in [0.29, 0.717) is 6.42 Å². The monoisotopic (exact) mass is 241 g/mol. The standard InChI is InChI=1S/C10H18F3NO2/c11-10(12,13)8-16-7-1-4-14-5-2-9(15)3-6-14/h9,15H,1-8H2. The van der Waals surface area contributed by atoms with E-state index < -0.39 is 12.8 Å². The molecule has 96 valence electrons. The first-order valence-corrected chi connectivity index (χ1v) is 5.52. The first-order valence-electron chi connectivity index (χ1n) is 5.52. The van der Waals surface area contributed by atoms with Gasteiger partial charge in [0, 0.05) is 26.2 Å². The van der Waals surface area contributed by atoms with Gasteiger partial charge in [0.15, 0.2) is 0 Å². The molecule has 1 saturated heterocycles. The Kier molecular flexibility index (Phi) is 5.51. The van der Waals surface area contributed by atoms with Gasteiger partial charge in [-0.05, 0) is 19.3 Å². The number of rotatable bonds is 5. The van der Waals surface area contributed by atoms with Crippen molar-refractivity contribution in [2.24, 2.45) is 0 Å². The summed E-state index contributed by atoms with van der Waals surface area (Å²) in [5, 5.41) is 9.25. The first kappa shape index (κ1) is 13.7. The quantitative estimate of drug-likeness (QED) is 0.739. The molecule has 16 heavy (non-hydrogen) atoms. The lowest BCUT2D eigenvalue weighted by Crippen LogP contribution is -2.36. The number of halogens is 3. The third kappa shape index (κ3) is 6.30. The summed E-state index contributed by atoms with van der Waals surface area (Å²) in [5.74, 6) is 0. The summed E-state index contributed by atoms with van der Waals surface area (Å²) in [6, 6.07) is 0. The molecule has 0 amide bonds. The van der Waals surface area contributed by atoms with Crippen molar-refractivity contribution < 1.29 is 23.0 Å². The van der Waals surface area contributed by atoms with Gasteiger partial charge in [0.25, 0.3) is 0 Å². The number of likely N-dealkylation sites (tertiary alicyclic amines) is 1. The van der Waals surface area contributed by atoms with Crippen LogP contribution in [0.1, 0.15) is 19.3 Å². The summed E-state index contributed by atoms with van der Waals surface area (Å²) in [5.41, 5.74) is 0. The Bertz CT molecular complexity index is 191. The highest BCUT2D eigenvalue weighted by molar-refractivity contribution is 4.70. The first-order chi connectivity index (χ1) is 7.47. The van der Waals surface area contributed by atoms with Crippen LogP contribution >= 0.6 is 0 Å². The third-order valence-corrected chi connectivity index (χ3v) is 2.59. The second-order valence-electron chi connectivity index (χ2n) is 4.09. The molecular formula is C10H18F3NO2. The molecule has 1 heterocycles. The molecule has 0 aromatic heterocycles. The van der Waals surface area contributed by atoms with Crippen molar-refractivity contribution in [3.8, 4) is 0 Å². The molecular weight excluding hydrogens is 223 g/mol. The van der Waals surface area contributed by atoms with E-state index in [1.807, 2.05) is 0 Å². The van der Waals surface area contributed by atoms with E-state index in [1.54, 1.807) is 0 Å². The molecule has 3 nitrogen and oxygen atoms in total. The topological polar surface area (TPSA) is 32.7 Å². The second-order valence-corrected chi connectivity index (χ2v) is 4.09. The fourth-order valence-corrected chi connectivity index (χ4v) is 1.72. The molecule has 0 aromatic rings. The van der Waals surface area contributed by atoms with Gasteiger partial charge in [-0.15, -0.1) is 0 Å². The van der Waals surface area contributed by atoms with Crippen molar-refractivity contribution in [1.29, 1.82) is 0 Å². The molecule has 1 aliphatic rings. The van der Waals surface area contributed by atoms with E-state index in [-0.39, 0.29) is 12.7 Å². The van der Waals surface area contributed by atoms with Crippen LogP contribution in [0.5, 0.6) is 0 Å². The molecule has 1 fully saturated rings. The van der Waals surface area contributed by atoms with E-state index in [1.165, 1.54) is 0 Å². The van der Waals surface area contributed by atoms with Crippen LogP contribution in [0.15, 0.2) is 0 Å². The summed E-state index contributed by atoms with van der Waals surface area (Å²) >= 11 is 0. The second kappa shape index (κ2) is 6.42. The van der Waals surface area contributed by atoms with Gasteiger partial charge in [-0.25, -0.2) is 0 Å². The van der Waals surface area contributed by atoms with Crippen LogP contribution in [0, 0.1) is 0 Å². The van der Waals surface area contributed by atoms with Gasteiger partial charge < -0.3 is 14.7 Å². The minimum absolute atomic E-state index is 0.137. The lowest BCUT2D eigenvalue weighted by molar-refractivity contribution is -0.174. The van der Waals surface area contributed by atoms with Crippen LogP contribution in [0.25, 0.3) is 0 Å². The number of piperidine rings is 1. The number of alkyl halides is 3. The number of nitrogens with zero attached hydrogens (tertiary/aromatic N) is 1. The largest absolute Gasteiger partial charge is 0.411 e. The average molecular weight is 241 g/mol. The minimum atomic E-state index is -4.23. The Hall–Kier alpha value is -0.330. The molecule has 1 N–H and O–H groups in total. The predicted molar refractivity (Wildman–Crippen MR) is 53.2 cm³/mol. The van der Waals surface area contributed by atoms with Gasteiger partial charge in [0.1, 0.15) is 6.61 Å². The molecule has 0 aromatic carbocycles. The fraction of sp³-hybridized carbons (Fsp3) is 1.00. The predicted octanol–water partition coefficient (Wildman–Crippen LogP) is 1.41. The highest BCUT2D eigenvalue weighted by Gasteiger charge is 2.27. The lowest BCUT2D eigenvalue weighted by atomic mass is 10.1. The average Bonchev–Trinajstić information content (AvgIpc) is 2.19. The van der Waals surface area contributed by atoms with Crippen molar-refractivity contribution >= 4 is 0 Å². The summed E-state index contributed by atoms with van der Waals surface area (Å²) in [6.07, 6.45) is -2.33. The lowest BCUT2D eigenvalue weighted by Gasteiger charge is -2.29. The molecule has 6 heteroatoms. The third-order valence-electron chi connectivity index (χ3n) is 2.59. The van der Waals surface area contributed by atoms with E-state index in [4.69, 9.17) is 0 Å². The van der Waals surface area contributed by atoms with Crippen LogP contribution < -0.4 is 0 Å². The van der Waals surface area contributed by atoms with Gasteiger partial charge in [-0.3, -0.25) is 0 Å². The zero-order valence-corrected chi connectivity index (χ0v) is 9.17. The van der Waals surface area contributed by atoms with Crippen LogP contribution in [0.3, 0.4) is 0 Å². The minimum Gasteiger partial charge on any atom is -0.393 e. The number of hydrogen-bond acceptors (Lipinski definition) is 3. The Morgan fingerprint density at radius 2 is 1.88 bits per heavy atom. The van der Waals surface area contributed by atoms with Gasteiger partial charge >= 0.3 is 6.18 Å². The highest BCUT2D eigenvalue weighted by atomic mass is 19.4. The van der Waals surface area contributed by atoms with Crippen LogP contribution in [-0.2, 0) is 4.74 Å². The summed E-state index contributed by atoms with van der Waals surface area (Å²) in [7, 11) is 0. The Morgan fingerprint density at radius 1 is 1.25 bits per heavy atom. The molecule has 0 aliphatic carbocycles. The normalized spacial score (nSPS) is 20.2. The van der Waals surface area contributed by atoms with E-state index in [9.17, 15) is 18.3 Å². The smallest absolute Gasteiger partial charge is 0.393 e. The van der Waals surface area contributed by atoms with E-state index >= 15 is 0 Å². The number of aliphatic hydroxyl groups is 1.